The van der Waals surface area contributed by atoms with Gasteiger partial charge in [-0.05, 0) is 61.7 Å². The Morgan fingerprint density at radius 3 is 2.28 bits per heavy atom. The molecule has 3 atom stereocenters. The normalized spacial score (nSPS) is 14.3. The Hall–Kier alpha value is -1.75. The Kier molecular flexibility index (Phi) is 8.23. The van der Waals surface area contributed by atoms with E-state index in [0.717, 1.165) is 23.3 Å². The quantitative estimate of drug-likeness (QED) is 0.609. The Labute approximate surface area is 156 Å². The Bertz CT molecular complexity index is 660. The minimum absolute atomic E-state index is 0. The maximum absolute atomic E-state index is 10.6. The standard InChI is InChI=1S/C20H27NO3.ClH/c1-13-11-17(7-10-19(13)22)20(23)15(3)21-14(2)12-16-5-8-18(24-4)9-6-16;/h5-11,14-15,20-23H,12H2,1-4H3;1H. The number of aliphatic hydroxyl groups is 1. The van der Waals surface area contributed by atoms with Crippen LogP contribution in [0.5, 0.6) is 11.5 Å². The molecule has 0 radical (unpaired) electrons. The fourth-order valence-corrected chi connectivity index (χ4v) is 2.99. The van der Waals surface area contributed by atoms with Gasteiger partial charge in [0.25, 0.3) is 0 Å². The molecule has 2 rings (SSSR count). The van der Waals surface area contributed by atoms with E-state index in [2.05, 4.69) is 24.4 Å². The van der Waals surface area contributed by atoms with Crippen LogP contribution in [0.25, 0.3) is 0 Å². The molecule has 0 aliphatic carbocycles. The highest BCUT2D eigenvalue weighted by Crippen LogP contribution is 2.22. The highest BCUT2D eigenvalue weighted by atomic mass is 35.5. The van der Waals surface area contributed by atoms with Crippen molar-refractivity contribution < 1.29 is 32.7 Å². The Morgan fingerprint density at radius 1 is 1.08 bits per heavy atom. The minimum Gasteiger partial charge on any atom is -1.00 e. The number of hydrogen-bond acceptors (Lipinski definition) is 3. The number of aryl methyl sites for hydroxylation is 1. The minimum atomic E-state index is -0.567. The van der Waals surface area contributed by atoms with E-state index in [9.17, 15) is 10.2 Å². The van der Waals surface area contributed by atoms with Crippen LogP contribution in [0, 0.1) is 6.92 Å². The molecule has 2 aromatic carbocycles. The molecule has 0 heterocycles. The molecule has 0 fully saturated rings. The van der Waals surface area contributed by atoms with Crippen molar-refractivity contribution in [3.05, 3.63) is 59.2 Å². The number of nitrogens with two attached hydrogens (primary N) is 1. The number of halogens is 1. The van der Waals surface area contributed by atoms with Crippen molar-refractivity contribution in [3.63, 3.8) is 0 Å². The molecule has 4 N–H and O–H groups in total. The van der Waals surface area contributed by atoms with Gasteiger partial charge in [-0.1, -0.05) is 18.2 Å². The number of phenols is 1. The molecule has 0 bridgehead atoms. The molecule has 0 spiro atoms. The first-order chi connectivity index (χ1) is 11.4. The number of benzene rings is 2. The van der Waals surface area contributed by atoms with E-state index in [1.807, 2.05) is 32.0 Å². The van der Waals surface area contributed by atoms with Gasteiger partial charge in [-0.2, -0.15) is 0 Å². The highest BCUT2D eigenvalue weighted by Gasteiger charge is 2.22. The van der Waals surface area contributed by atoms with Crippen LogP contribution < -0.4 is 22.5 Å². The summed E-state index contributed by atoms with van der Waals surface area (Å²) in [6.07, 6.45) is 0.359. The van der Waals surface area contributed by atoms with Crippen LogP contribution >= 0.6 is 0 Å². The van der Waals surface area contributed by atoms with E-state index in [1.54, 1.807) is 19.2 Å². The summed E-state index contributed by atoms with van der Waals surface area (Å²) in [6.45, 7) is 6.03. The number of quaternary nitrogens is 1. The number of aromatic hydroxyl groups is 1. The van der Waals surface area contributed by atoms with Crippen molar-refractivity contribution >= 4 is 0 Å². The molecule has 0 aromatic heterocycles. The number of rotatable bonds is 7. The van der Waals surface area contributed by atoms with Gasteiger partial charge < -0.3 is 32.7 Å². The van der Waals surface area contributed by atoms with E-state index in [1.165, 1.54) is 5.56 Å². The lowest BCUT2D eigenvalue weighted by Crippen LogP contribution is -3.00. The van der Waals surface area contributed by atoms with E-state index < -0.39 is 6.10 Å². The zero-order valence-electron chi connectivity index (χ0n) is 15.2. The first-order valence-electron chi connectivity index (χ1n) is 8.36. The van der Waals surface area contributed by atoms with Gasteiger partial charge in [0.1, 0.15) is 23.6 Å². The van der Waals surface area contributed by atoms with Crippen molar-refractivity contribution in [2.75, 3.05) is 7.11 Å². The van der Waals surface area contributed by atoms with Gasteiger partial charge in [-0.3, -0.25) is 0 Å². The summed E-state index contributed by atoms with van der Waals surface area (Å²) in [4.78, 5) is 0. The average molecular weight is 366 g/mol. The molecular formula is C20H28ClNO3. The first-order valence-corrected chi connectivity index (χ1v) is 8.36. The van der Waals surface area contributed by atoms with Gasteiger partial charge >= 0.3 is 0 Å². The second-order valence-electron chi connectivity index (χ2n) is 6.57. The number of methoxy groups -OCH3 is 1. The second-order valence-corrected chi connectivity index (χ2v) is 6.57. The van der Waals surface area contributed by atoms with E-state index >= 15 is 0 Å². The van der Waals surface area contributed by atoms with Crippen LogP contribution in [0.15, 0.2) is 42.5 Å². The monoisotopic (exact) mass is 365 g/mol. The van der Waals surface area contributed by atoms with Gasteiger partial charge in [-0.15, -0.1) is 0 Å². The summed E-state index contributed by atoms with van der Waals surface area (Å²) in [5, 5.41) is 22.4. The Balaban J connectivity index is 0.00000312. The summed E-state index contributed by atoms with van der Waals surface area (Å²) < 4.78 is 5.18. The lowest BCUT2D eigenvalue weighted by molar-refractivity contribution is -0.722. The van der Waals surface area contributed by atoms with Crippen molar-refractivity contribution in [1.82, 2.24) is 0 Å². The number of hydrogen-bond donors (Lipinski definition) is 3. The lowest BCUT2D eigenvalue weighted by atomic mass is 9.99. The molecule has 3 unspecified atom stereocenters. The predicted molar refractivity (Wildman–Crippen MR) is 95.4 cm³/mol. The molecule has 2 aromatic rings. The van der Waals surface area contributed by atoms with Crippen LogP contribution in [0.4, 0.5) is 0 Å². The fraction of sp³-hybridized carbons (Fsp3) is 0.400. The second kappa shape index (κ2) is 9.66. The summed E-state index contributed by atoms with van der Waals surface area (Å²) in [5.41, 5.74) is 2.87. The zero-order chi connectivity index (χ0) is 17.7. The largest absolute Gasteiger partial charge is 1.00 e. The maximum atomic E-state index is 10.6. The third-order valence-corrected chi connectivity index (χ3v) is 4.41. The molecule has 138 valence electrons. The molecular weight excluding hydrogens is 338 g/mol. The first kappa shape index (κ1) is 21.3. The fourth-order valence-electron chi connectivity index (χ4n) is 2.99. The summed E-state index contributed by atoms with van der Waals surface area (Å²) in [7, 11) is 1.67. The van der Waals surface area contributed by atoms with Crippen LogP contribution in [-0.2, 0) is 6.42 Å². The molecule has 0 aliphatic heterocycles. The average Bonchev–Trinajstić information content (AvgIpc) is 2.57. The molecule has 5 heteroatoms. The number of aliphatic hydroxyl groups excluding tert-OH is 1. The summed E-state index contributed by atoms with van der Waals surface area (Å²) in [6, 6.07) is 13.7. The van der Waals surface area contributed by atoms with Gasteiger partial charge in [0.2, 0.25) is 0 Å². The van der Waals surface area contributed by atoms with Gasteiger partial charge in [0.15, 0.2) is 0 Å². The molecule has 0 saturated carbocycles. The predicted octanol–water partition coefficient (Wildman–Crippen LogP) is -0.670. The molecule has 0 aliphatic rings. The molecule has 4 nitrogen and oxygen atoms in total. The summed E-state index contributed by atoms with van der Waals surface area (Å²) in [5.74, 6) is 1.12. The third-order valence-electron chi connectivity index (χ3n) is 4.41. The molecule has 25 heavy (non-hydrogen) atoms. The SMILES string of the molecule is COc1ccc(CC(C)[NH2+]C(C)C(O)c2ccc(O)c(C)c2)cc1.[Cl-]. The van der Waals surface area contributed by atoms with Crippen LogP contribution in [-0.4, -0.2) is 29.4 Å². The maximum Gasteiger partial charge on any atom is 0.130 e. The van der Waals surface area contributed by atoms with E-state index in [0.29, 0.717) is 6.04 Å². The molecule has 0 amide bonds. The summed E-state index contributed by atoms with van der Waals surface area (Å²) >= 11 is 0. The van der Waals surface area contributed by atoms with Gasteiger partial charge in [-0.25, -0.2) is 0 Å². The number of ether oxygens (including phenoxy) is 1. The number of phenolic OH excluding ortho intramolecular Hbond substituents is 1. The van der Waals surface area contributed by atoms with E-state index in [4.69, 9.17) is 4.74 Å². The van der Waals surface area contributed by atoms with Crippen LogP contribution in [0.2, 0.25) is 0 Å². The lowest BCUT2D eigenvalue weighted by Gasteiger charge is -2.22. The topological polar surface area (TPSA) is 66.3 Å². The third kappa shape index (κ3) is 5.92. The molecule has 0 saturated heterocycles. The van der Waals surface area contributed by atoms with Crippen LogP contribution in [0.3, 0.4) is 0 Å². The van der Waals surface area contributed by atoms with Crippen molar-refractivity contribution in [2.24, 2.45) is 0 Å². The smallest absolute Gasteiger partial charge is 0.130 e. The zero-order valence-corrected chi connectivity index (χ0v) is 16.0. The van der Waals surface area contributed by atoms with Gasteiger partial charge in [0.05, 0.1) is 13.2 Å². The van der Waals surface area contributed by atoms with Crippen molar-refractivity contribution in [1.29, 1.82) is 0 Å². The highest BCUT2D eigenvalue weighted by molar-refractivity contribution is 5.36. The van der Waals surface area contributed by atoms with Crippen molar-refractivity contribution in [2.45, 2.75) is 45.4 Å². The Morgan fingerprint density at radius 2 is 1.72 bits per heavy atom. The van der Waals surface area contributed by atoms with Gasteiger partial charge in [0, 0.05) is 6.42 Å². The van der Waals surface area contributed by atoms with E-state index in [-0.39, 0.29) is 24.2 Å². The van der Waals surface area contributed by atoms with Crippen LogP contribution in [0.1, 0.15) is 36.6 Å². The van der Waals surface area contributed by atoms with Crippen molar-refractivity contribution in [3.8, 4) is 11.5 Å².